The fourth-order valence-corrected chi connectivity index (χ4v) is 5.07. The van der Waals surface area contributed by atoms with Crippen molar-refractivity contribution in [2.24, 2.45) is 0 Å². The molecule has 0 aromatic heterocycles. The van der Waals surface area contributed by atoms with Crippen molar-refractivity contribution in [3.05, 3.63) is 107 Å². The summed E-state index contributed by atoms with van der Waals surface area (Å²) in [5, 5.41) is 10.1. The van der Waals surface area contributed by atoms with Gasteiger partial charge in [-0.2, -0.15) is 0 Å². The normalized spacial score (nSPS) is 18.1. The highest BCUT2D eigenvalue weighted by atomic mass is 19.1. The highest BCUT2D eigenvalue weighted by molar-refractivity contribution is 5.91. The van der Waals surface area contributed by atoms with Crippen LogP contribution >= 0.6 is 0 Å². The number of carboxylic acids is 1. The molecule has 196 valence electrons. The van der Waals surface area contributed by atoms with E-state index in [2.05, 4.69) is 16.7 Å². The number of hydrogen-bond acceptors (Lipinski definition) is 3. The van der Waals surface area contributed by atoms with E-state index in [-0.39, 0.29) is 23.7 Å². The predicted octanol–water partition coefficient (Wildman–Crippen LogP) is 5.14. The van der Waals surface area contributed by atoms with Crippen LogP contribution in [0.3, 0.4) is 0 Å². The first-order valence-corrected chi connectivity index (χ1v) is 12.9. The van der Waals surface area contributed by atoms with Gasteiger partial charge in [0.2, 0.25) is 5.91 Å². The first-order valence-electron chi connectivity index (χ1n) is 12.9. The van der Waals surface area contributed by atoms with Gasteiger partial charge in [-0.25, -0.2) is 9.18 Å². The summed E-state index contributed by atoms with van der Waals surface area (Å²) in [6.07, 6.45) is 1.00. The SMILES string of the molecule is CC(C#CCN(C)[C@H]1CCN(C(=O)C(c2ccccc2)c2ccccc2)[C@H](C(=O)O)C1)c1ccc(F)cc1. The van der Waals surface area contributed by atoms with Crippen LogP contribution in [0.2, 0.25) is 0 Å². The molecule has 1 aliphatic rings. The van der Waals surface area contributed by atoms with Crippen LogP contribution in [0, 0.1) is 17.7 Å². The lowest BCUT2D eigenvalue weighted by Gasteiger charge is -2.41. The van der Waals surface area contributed by atoms with Crippen molar-refractivity contribution in [1.29, 1.82) is 0 Å². The molecule has 6 heteroatoms. The largest absolute Gasteiger partial charge is 0.480 e. The van der Waals surface area contributed by atoms with Gasteiger partial charge < -0.3 is 10.0 Å². The highest BCUT2D eigenvalue weighted by Gasteiger charge is 2.40. The van der Waals surface area contributed by atoms with Crippen LogP contribution in [0.1, 0.15) is 48.3 Å². The Morgan fingerprint density at radius 3 is 2.11 bits per heavy atom. The van der Waals surface area contributed by atoms with Gasteiger partial charge in [0.25, 0.3) is 0 Å². The molecule has 38 heavy (non-hydrogen) atoms. The Kier molecular flexibility index (Phi) is 8.93. The van der Waals surface area contributed by atoms with Crippen molar-refractivity contribution in [2.75, 3.05) is 20.1 Å². The molecular formula is C32H33FN2O3. The number of hydrogen-bond donors (Lipinski definition) is 1. The molecule has 1 N–H and O–H groups in total. The summed E-state index contributed by atoms with van der Waals surface area (Å²) in [5.41, 5.74) is 2.64. The van der Waals surface area contributed by atoms with Gasteiger partial charge in [0.15, 0.2) is 0 Å². The second-order valence-electron chi connectivity index (χ2n) is 9.83. The predicted molar refractivity (Wildman–Crippen MR) is 146 cm³/mol. The maximum Gasteiger partial charge on any atom is 0.326 e. The lowest BCUT2D eigenvalue weighted by atomic mass is 9.87. The van der Waals surface area contributed by atoms with Crippen LogP contribution in [-0.2, 0) is 9.59 Å². The smallest absolute Gasteiger partial charge is 0.326 e. The number of piperidine rings is 1. The molecule has 4 rings (SSSR count). The molecule has 5 nitrogen and oxygen atoms in total. The second-order valence-corrected chi connectivity index (χ2v) is 9.83. The lowest BCUT2D eigenvalue weighted by Crippen LogP contribution is -2.55. The minimum Gasteiger partial charge on any atom is -0.480 e. The summed E-state index contributed by atoms with van der Waals surface area (Å²) in [5.74, 6) is 4.34. The number of amides is 1. The van der Waals surface area contributed by atoms with Crippen LogP contribution in [0.4, 0.5) is 4.39 Å². The molecule has 1 amide bonds. The van der Waals surface area contributed by atoms with Gasteiger partial charge in [0.1, 0.15) is 11.9 Å². The van der Waals surface area contributed by atoms with Crippen LogP contribution in [-0.4, -0.2) is 59.0 Å². The average molecular weight is 513 g/mol. The summed E-state index contributed by atoms with van der Waals surface area (Å²) in [6, 6.07) is 24.5. The van der Waals surface area contributed by atoms with Crippen LogP contribution in [0.25, 0.3) is 0 Å². The lowest BCUT2D eigenvalue weighted by molar-refractivity contribution is -0.153. The highest BCUT2D eigenvalue weighted by Crippen LogP contribution is 2.31. The molecule has 3 aromatic rings. The number of rotatable bonds is 7. The van der Waals surface area contributed by atoms with E-state index in [1.165, 1.54) is 12.1 Å². The number of nitrogens with zero attached hydrogens (tertiary/aromatic N) is 2. The number of carboxylic acid groups (broad SMARTS) is 1. The van der Waals surface area contributed by atoms with Crippen molar-refractivity contribution in [3.8, 4) is 11.8 Å². The maximum atomic E-state index is 13.9. The molecule has 1 saturated heterocycles. The van der Waals surface area contributed by atoms with E-state index < -0.39 is 17.9 Å². The number of likely N-dealkylation sites (tertiary alicyclic amines) is 1. The van der Waals surface area contributed by atoms with Gasteiger partial charge >= 0.3 is 5.97 Å². The van der Waals surface area contributed by atoms with Gasteiger partial charge in [-0.1, -0.05) is 84.6 Å². The quantitative estimate of drug-likeness (QED) is 0.446. The molecule has 0 spiro atoms. The number of aliphatic carboxylic acids is 1. The third-order valence-corrected chi connectivity index (χ3v) is 7.30. The van der Waals surface area contributed by atoms with E-state index in [9.17, 15) is 19.1 Å². The standard InChI is InChI=1S/C32H33FN2O3/c1-23(24-15-17-27(33)18-16-24)10-9-20-34(2)28-19-21-35(29(22-28)32(37)38)31(36)30(25-11-5-3-6-12-25)26-13-7-4-8-14-26/h3-8,11-18,23,28-30H,19-22H2,1-2H3,(H,37,38)/t23?,28-,29-/m0/s1. The number of carbonyl (C=O) groups is 2. The van der Waals surface area contributed by atoms with Crippen molar-refractivity contribution < 1.29 is 19.1 Å². The van der Waals surface area contributed by atoms with Gasteiger partial charge in [0.05, 0.1) is 12.5 Å². The number of carbonyl (C=O) groups excluding carboxylic acids is 1. The van der Waals surface area contributed by atoms with Gasteiger partial charge in [0, 0.05) is 18.5 Å². The van der Waals surface area contributed by atoms with E-state index in [0.29, 0.717) is 25.9 Å². The van der Waals surface area contributed by atoms with Crippen molar-refractivity contribution in [2.45, 2.75) is 43.7 Å². The Morgan fingerprint density at radius 2 is 1.55 bits per heavy atom. The molecule has 3 atom stereocenters. The van der Waals surface area contributed by atoms with E-state index >= 15 is 0 Å². The summed E-state index contributed by atoms with van der Waals surface area (Å²) < 4.78 is 13.2. The number of benzene rings is 3. The van der Waals surface area contributed by atoms with Crippen LogP contribution in [0.5, 0.6) is 0 Å². The Morgan fingerprint density at radius 1 is 0.974 bits per heavy atom. The molecular weight excluding hydrogens is 479 g/mol. The maximum absolute atomic E-state index is 13.9. The summed E-state index contributed by atoms with van der Waals surface area (Å²) in [7, 11) is 1.94. The zero-order chi connectivity index (χ0) is 27.1. The Labute approximate surface area is 223 Å². The molecule has 1 unspecified atom stereocenters. The topological polar surface area (TPSA) is 60.9 Å². The van der Waals surface area contributed by atoms with E-state index in [4.69, 9.17) is 0 Å². The molecule has 3 aromatic carbocycles. The monoisotopic (exact) mass is 512 g/mol. The fraction of sp³-hybridized carbons (Fsp3) is 0.312. The minimum absolute atomic E-state index is 0.0116. The molecule has 1 fully saturated rings. The van der Waals surface area contributed by atoms with E-state index in [1.807, 2.05) is 74.6 Å². The molecule has 0 saturated carbocycles. The summed E-state index contributed by atoms with van der Waals surface area (Å²) in [6.45, 7) is 2.81. The first kappa shape index (κ1) is 27.1. The van der Waals surface area contributed by atoms with Crippen molar-refractivity contribution in [3.63, 3.8) is 0 Å². The Balaban J connectivity index is 1.46. The summed E-state index contributed by atoms with van der Waals surface area (Å²) >= 11 is 0. The molecule has 1 aliphatic heterocycles. The van der Waals surface area contributed by atoms with Gasteiger partial charge in [-0.05, 0) is 55.6 Å². The van der Waals surface area contributed by atoms with Gasteiger partial charge in [-0.3, -0.25) is 9.69 Å². The zero-order valence-corrected chi connectivity index (χ0v) is 21.8. The fourth-order valence-electron chi connectivity index (χ4n) is 5.07. The second kappa shape index (κ2) is 12.5. The van der Waals surface area contributed by atoms with Crippen LogP contribution in [0.15, 0.2) is 84.9 Å². The van der Waals surface area contributed by atoms with Crippen LogP contribution < -0.4 is 0 Å². The third-order valence-electron chi connectivity index (χ3n) is 7.30. The average Bonchev–Trinajstić information content (AvgIpc) is 2.94. The molecule has 1 heterocycles. The zero-order valence-electron chi connectivity index (χ0n) is 21.8. The summed E-state index contributed by atoms with van der Waals surface area (Å²) in [4.78, 5) is 29.9. The molecule has 0 bridgehead atoms. The van der Waals surface area contributed by atoms with E-state index in [1.54, 1.807) is 17.0 Å². The molecule has 0 aliphatic carbocycles. The van der Waals surface area contributed by atoms with E-state index in [0.717, 1.165) is 16.7 Å². The Bertz CT molecular complexity index is 1250. The van der Waals surface area contributed by atoms with Crippen molar-refractivity contribution in [1.82, 2.24) is 9.80 Å². The third kappa shape index (κ3) is 6.48. The minimum atomic E-state index is -0.993. The molecule has 0 radical (unpaired) electrons. The number of halogens is 1. The Hall–Kier alpha value is -3.95. The van der Waals surface area contributed by atoms with Gasteiger partial charge in [-0.15, -0.1) is 0 Å². The van der Waals surface area contributed by atoms with Crippen molar-refractivity contribution >= 4 is 11.9 Å². The first-order chi connectivity index (χ1) is 18.3.